The van der Waals surface area contributed by atoms with Crippen molar-refractivity contribution in [2.45, 2.75) is 95.4 Å². The van der Waals surface area contributed by atoms with Crippen molar-refractivity contribution >= 4 is 33.7 Å². The molecule has 3 rings (SSSR count). The Morgan fingerprint density at radius 2 is 1.77 bits per heavy atom. The number of likely N-dealkylation sites (tertiary alicyclic amines) is 1. The van der Waals surface area contributed by atoms with Crippen LogP contribution in [0.3, 0.4) is 0 Å². The zero-order chi connectivity index (χ0) is 25.8. The fourth-order valence-corrected chi connectivity index (χ4v) is 6.20. The van der Waals surface area contributed by atoms with Gasteiger partial charge in [0.05, 0.1) is 5.25 Å². The Hall–Kier alpha value is -2.43. The van der Waals surface area contributed by atoms with Gasteiger partial charge in [0.1, 0.15) is 12.1 Å². The maximum Gasteiger partial charge on any atom is 0.245 e. The molecule has 1 saturated heterocycles. The molecule has 0 aromatic heterocycles. The third-order valence-corrected chi connectivity index (χ3v) is 8.96. The molecule has 0 unspecified atom stereocenters. The summed E-state index contributed by atoms with van der Waals surface area (Å²) in [5.41, 5.74) is 6.53. The lowest BCUT2D eigenvalue weighted by atomic mass is 10.0. The van der Waals surface area contributed by atoms with Crippen LogP contribution in [0.15, 0.2) is 11.6 Å². The zero-order valence-electron chi connectivity index (χ0n) is 20.6. The average Bonchev–Trinajstić information content (AvgIpc) is 3.70. The second-order valence-electron chi connectivity index (χ2n) is 10.1. The van der Waals surface area contributed by atoms with Crippen LogP contribution in [0.25, 0.3) is 0 Å². The van der Waals surface area contributed by atoms with E-state index in [1.807, 2.05) is 6.92 Å². The number of carbonyl (C=O) groups excluding carboxylic acids is 4. The third kappa shape index (κ3) is 7.52. The first-order valence-electron chi connectivity index (χ1n) is 12.6. The highest BCUT2D eigenvalue weighted by Gasteiger charge is 2.46. The van der Waals surface area contributed by atoms with E-state index >= 15 is 0 Å². The predicted molar refractivity (Wildman–Crippen MR) is 130 cm³/mol. The molecule has 0 spiro atoms. The smallest absolute Gasteiger partial charge is 0.245 e. The number of rotatable bonds is 13. The Bertz CT molecular complexity index is 974. The van der Waals surface area contributed by atoms with Crippen LogP contribution in [0, 0.1) is 11.8 Å². The van der Waals surface area contributed by atoms with Gasteiger partial charge in [0, 0.05) is 19.4 Å². The van der Waals surface area contributed by atoms with Crippen molar-refractivity contribution in [3.05, 3.63) is 11.6 Å². The Kier molecular flexibility index (Phi) is 8.95. The Balaban J connectivity index is 1.38. The summed E-state index contributed by atoms with van der Waals surface area (Å²) in [4.78, 5) is 49.9. The molecule has 1 heterocycles. The Labute approximate surface area is 207 Å². The highest BCUT2D eigenvalue weighted by Crippen LogP contribution is 2.44. The molecule has 3 aliphatic rings. The molecule has 10 nitrogen and oxygen atoms in total. The van der Waals surface area contributed by atoms with Crippen molar-refractivity contribution in [3.8, 4) is 0 Å². The minimum absolute atomic E-state index is 0.102. The minimum Gasteiger partial charge on any atom is -0.368 e. The van der Waals surface area contributed by atoms with E-state index < -0.39 is 33.3 Å². The van der Waals surface area contributed by atoms with Gasteiger partial charge in [0.25, 0.3) is 0 Å². The maximum atomic E-state index is 12.9. The molecule has 11 heteroatoms. The number of unbranched alkanes of at least 4 members (excludes halogenated alkanes) is 3. The molecule has 196 valence electrons. The van der Waals surface area contributed by atoms with Gasteiger partial charge in [0.2, 0.25) is 33.7 Å². The van der Waals surface area contributed by atoms with Gasteiger partial charge in [-0.1, -0.05) is 24.5 Å². The van der Waals surface area contributed by atoms with Crippen LogP contribution >= 0.6 is 0 Å². The first kappa shape index (κ1) is 27.2. The molecule has 0 aromatic carbocycles. The molecule has 3 fully saturated rings. The van der Waals surface area contributed by atoms with Crippen LogP contribution in [0.4, 0.5) is 0 Å². The molecule has 0 aromatic rings. The second kappa shape index (κ2) is 11.5. The van der Waals surface area contributed by atoms with Crippen LogP contribution < -0.4 is 15.8 Å². The Morgan fingerprint density at radius 1 is 1.06 bits per heavy atom. The van der Waals surface area contributed by atoms with Crippen molar-refractivity contribution in [1.82, 2.24) is 14.9 Å². The number of primary amides is 1. The highest BCUT2D eigenvalue weighted by molar-refractivity contribution is 7.90. The summed E-state index contributed by atoms with van der Waals surface area (Å²) in [6, 6.07) is -1.27. The Morgan fingerprint density at radius 3 is 2.40 bits per heavy atom. The van der Waals surface area contributed by atoms with E-state index in [1.54, 1.807) is 0 Å². The van der Waals surface area contributed by atoms with Gasteiger partial charge in [-0.25, -0.2) is 8.42 Å². The number of nitrogens with two attached hydrogens (primary N) is 1. The molecule has 4 atom stereocenters. The van der Waals surface area contributed by atoms with Crippen LogP contribution in [-0.4, -0.2) is 60.8 Å². The molecular formula is C24H38N4O6S. The number of nitrogens with zero attached hydrogens (tertiary/aromatic N) is 1. The van der Waals surface area contributed by atoms with Crippen molar-refractivity contribution < 1.29 is 27.6 Å². The van der Waals surface area contributed by atoms with Crippen molar-refractivity contribution in [3.63, 3.8) is 0 Å². The lowest BCUT2D eigenvalue weighted by molar-refractivity contribution is -0.140. The first-order chi connectivity index (χ1) is 16.5. The summed E-state index contributed by atoms with van der Waals surface area (Å²) in [6.45, 7) is 3.82. The number of sulfonamides is 1. The fraction of sp³-hybridized carbons (Fsp3) is 0.750. The third-order valence-electron chi connectivity index (χ3n) is 7.12. The van der Waals surface area contributed by atoms with Crippen molar-refractivity contribution in [2.75, 3.05) is 6.54 Å². The number of hydrogen-bond acceptors (Lipinski definition) is 6. The van der Waals surface area contributed by atoms with E-state index in [0.717, 1.165) is 37.7 Å². The molecule has 35 heavy (non-hydrogen) atoms. The molecule has 4 amide bonds. The number of amides is 4. The van der Waals surface area contributed by atoms with E-state index in [2.05, 4.69) is 16.1 Å². The molecule has 2 saturated carbocycles. The number of carbonyl (C=O) groups is 4. The fourth-order valence-electron chi connectivity index (χ4n) is 4.85. The molecule has 1 aliphatic heterocycles. The average molecular weight is 511 g/mol. The summed E-state index contributed by atoms with van der Waals surface area (Å²) in [6.07, 6.45) is 9.12. The summed E-state index contributed by atoms with van der Waals surface area (Å²) in [5.74, 6) is -1.60. The summed E-state index contributed by atoms with van der Waals surface area (Å²) in [5, 5.41) is 2.31. The lowest BCUT2D eigenvalue weighted by Gasteiger charge is -2.27. The van der Waals surface area contributed by atoms with Crippen molar-refractivity contribution in [1.29, 1.82) is 0 Å². The number of hydrogen-bond donors (Lipinski definition) is 3. The molecule has 4 N–H and O–H groups in total. The molecular weight excluding hydrogens is 472 g/mol. The van der Waals surface area contributed by atoms with Gasteiger partial charge in [-0.15, -0.1) is 0 Å². The van der Waals surface area contributed by atoms with Gasteiger partial charge in [-0.05, 0) is 64.2 Å². The summed E-state index contributed by atoms with van der Waals surface area (Å²) < 4.78 is 26.1. The topological polar surface area (TPSA) is 156 Å². The quantitative estimate of drug-likeness (QED) is 0.249. The van der Waals surface area contributed by atoms with E-state index in [-0.39, 0.29) is 29.6 Å². The summed E-state index contributed by atoms with van der Waals surface area (Å²) in [7, 11) is -3.50. The van der Waals surface area contributed by atoms with Gasteiger partial charge >= 0.3 is 0 Å². The van der Waals surface area contributed by atoms with Gasteiger partial charge in [0.15, 0.2) is 0 Å². The predicted octanol–water partition coefficient (Wildman–Crippen LogP) is 1.11. The SMILES string of the molecule is CC(=O)N[C@@H](CCCCC/C=C(/C)[C@@H]1C[C@@H]1C(=O)NS(=O)(=O)C1CC1)C(=O)N1CCC[C@H]1C(N)=O. The van der Waals surface area contributed by atoms with Crippen LogP contribution in [0.1, 0.15) is 78.1 Å². The maximum absolute atomic E-state index is 12.9. The number of allylic oxidation sites excluding steroid dienone is 2. The monoisotopic (exact) mass is 510 g/mol. The summed E-state index contributed by atoms with van der Waals surface area (Å²) >= 11 is 0. The highest BCUT2D eigenvalue weighted by atomic mass is 32.2. The largest absolute Gasteiger partial charge is 0.368 e. The van der Waals surface area contributed by atoms with Gasteiger partial charge in [-0.3, -0.25) is 23.9 Å². The standard InChI is InChI=1S/C24H38N4O6S/c1-15(18-14-19(18)23(31)27-35(33,34)17-11-12-17)8-5-3-4-6-9-20(26-16(2)29)24(32)28-13-7-10-21(28)22(25)30/h8,17-21H,3-7,9-14H2,1-2H3,(H2,25,30)(H,26,29)(H,27,31)/b15-8-/t18-,19-,20-,21-/m0/s1. The van der Waals surface area contributed by atoms with E-state index in [1.165, 1.54) is 11.8 Å². The molecule has 0 bridgehead atoms. The molecule has 0 radical (unpaired) electrons. The van der Waals surface area contributed by atoms with Gasteiger partial charge < -0.3 is 16.0 Å². The lowest BCUT2D eigenvalue weighted by Crippen LogP contribution is -2.52. The van der Waals surface area contributed by atoms with Crippen molar-refractivity contribution in [2.24, 2.45) is 17.6 Å². The van der Waals surface area contributed by atoms with Crippen LogP contribution in [0.2, 0.25) is 0 Å². The van der Waals surface area contributed by atoms with Gasteiger partial charge in [-0.2, -0.15) is 0 Å². The van der Waals surface area contributed by atoms with E-state index in [4.69, 9.17) is 5.73 Å². The van der Waals surface area contributed by atoms with Crippen LogP contribution in [-0.2, 0) is 29.2 Å². The first-order valence-corrected chi connectivity index (χ1v) is 14.1. The zero-order valence-corrected chi connectivity index (χ0v) is 21.4. The van der Waals surface area contributed by atoms with Crippen LogP contribution in [0.5, 0.6) is 0 Å². The normalized spacial score (nSPS) is 25.1. The van der Waals surface area contributed by atoms with E-state index in [9.17, 15) is 27.6 Å². The minimum atomic E-state index is -3.50. The number of nitrogens with one attached hydrogen (secondary N) is 2. The second-order valence-corrected chi connectivity index (χ2v) is 12.1. The van der Waals surface area contributed by atoms with E-state index in [0.29, 0.717) is 38.6 Å². The molecule has 2 aliphatic carbocycles.